The fourth-order valence-electron chi connectivity index (χ4n) is 4.16. The van der Waals surface area contributed by atoms with Crippen molar-refractivity contribution in [1.29, 1.82) is 0 Å². The van der Waals surface area contributed by atoms with E-state index in [1.165, 1.54) is 0 Å². The number of hydrogen-bond donors (Lipinski definition) is 1. The van der Waals surface area contributed by atoms with E-state index in [0.29, 0.717) is 25.3 Å². The van der Waals surface area contributed by atoms with Gasteiger partial charge in [0.1, 0.15) is 23.1 Å². The molecule has 3 aromatic carbocycles. The van der Waals surface area contributed by atoms with Gasteiger partial charge in [-0.05, 0) is 55.8 Å². The average Bonchev–Trinajstić information content (AvgIpc) is 3.40. The van der Waals surface area contributed by atoms with Crippen molar-refractivity contribution >= 4 is 16.9 Å². The fourth-order valence-corrected chi connectivity index (χ4v) is 4.16. The normalized spacial score (nSPS) is 14.7. The first-order valence-corrected chi connectivity index (χ1v) is 11.2. The molecule has 0 radical (unpaired) electrons. The van der Waals surface area contributed by atoms with Gasteiger partial charge in [-0.3, -0.25) is 4.79 Å². The van der Waals surface area contributed by atoms with Crippen molar-refractivity contribution in [2.45, 2.75) is 39.5 Å². The van der Waals surface area contributed by atoms with Crippen molar-refractivity contribution in [2.75, 3.05) is 6.61 Å². The van der Waals surface area contributed by atoms with Crippen LogP contribution in [0.3, 0.4) is 0 Å². The summed E-state index contributed by atoms with van der Waals surface area (Å²) in [7, 11) is 0. The van der Waals surface area contributed by atoms with E-state index in [2.05, 4.69) is 22.6 Å². The molecule has 1 N–H and O–H groups in total. The van der Waals surface area contributed by atoms with Gasteiger partial charge in [0.05, 0.1) is 18.7 Å². The minimum atomic E-state index is -0.134. The molecule has 0 unspecified atom stereocenters. The van der Waals surface area contributed by atoms with Gasteiger partial charge in [-0.15, -0.1) is 5.10 Å². The Labute approximate surface area is 192 Å². The Kier molecular flexibility index (Phi) is 5.69. The molecule has 1 aliphatic rings. The number of aromatic nitrogens is 3. The molecule has 7 nitrogen and oxygen atoms in total. The maximum Gasteiger partial charge on any atom is 0.251 e. The Bertz CT molecular complexity index is 1300. The summed E-state index contributed by atoms with van der Waals surface area (Å²) in [6.07, 6.45) is 1.03. The average molecular weight is 443 g/mol. The van der Waals surface area contributed by atoms with Crippen molar-refractivity contribution in [3.8, 4) is 11.5 Å². The minimum Gasteiger partial charge on any atom is -0.494 e. The SMILES string of the molecule is CCOc1cc2c(cc1CNC(=O)c1ccc(Cn3nnc4ccccc43)cc1)O[C@H](C)C2. The Balaban J connectivity index is 1.26. The topological polar surface area (TPSA) is 78.3 Å². The number of rotatable bonds is 7. The summed E-state index contributed by atoms with van der Waals surface area (Å²) in [5.74, 6) is 1.54. The van der Waals surface area contributed by atoms with Crippen molar-refractivity contribution in [2.24, 2.45) is 0 Å². The zero-order chi connectivity index (χ0) is 22.8. The molecular formula is C26H26N4O3. The van der Waals surface area contributed by atoms with Crippen molar-refractivity contribution in [3.63, 3.8) is 0 Å². The molecule has 0 fully saturated rings. The van der Waals surface area contributed by atoms with Gasteiger partial charge < -0.3 is 14.8 Å². The fraction of sp³-hybridized carbons (Fsp3) is 0.269. The van der Waals surface area contributed by atoms with Crippen LogP contribution in [-0.4, -0.2) is 33.6 Å². The molecule has 0 aliphatic carbocycles. The summed E-state index contributed by atoms with van der Waals surface area (Å²) in [6, 6.07) is 19.4. The first-order chi connectivity index (χ1) is 16.1. The Morgan fingerprint density at radius 1 is 1.18 bits per heavy atom. The molecule has 0 saturated heterocycles. The first-order valence-electron chi connectivity index (χ1n) is 11.2. The molecular weight excluding hydrogens is 416 g/mol. The number of carbonyl (C=O) groups excluding carboxylic acids is 1. The maximum atomic E-state index is 12.8. The molecule has 1 aromatic heterocycles. The van der Waals surface area contributed by atoms with Gasteiger partial charge in [-0.1, -0.05) is 29.5 Å². The van der Waals surface area contributed by atoms with Crippen LogP contribution in [0.4, 0.5) is 0 Å². The molecule has 0 spiro atoms. The molecule has 4 aromatic rings. The quantitative estimate of drug-likeness (QED) is 0.466. The smallest absolute Gasteiger partial charge is 0.251 e. The van der Waals surface area contributed by atoms with E-state index in [4.69, 9.17) is 9.47 Å². The van der Waals surface area contributed by atoms with Gasteiger partial charge in [-0.25, -0.2) is 4.68 Å². The number of amides is 1. The number of para-hydroxylation sites is 1. The first kappa shape index (κ1) is 21.0. The number of fused-ring (bicyclic) bond motifs is 2. The number of ether oxygens (including phenoxy) is 2. The molecule has 5 rings (SSSR count). The van der Waals surface area contributed by atoms with Crippen LogP contribution in [0.1, 0.15) is 40.9 Å². The Morgan fingerprint density at radius 2 is 2.00 bits per heavy atom. The van der Waals surface area contributed by atoms with Gasteiger partial charge in [0, 0.05) is 29.7 Å². The lowest BCUT2D eigenvalue weighted by atomic mass is 10.1. The summed E-state index contributed by atoms with van der Waals surface area (Å²) >= 11 is 0. The van der Waals surface area contributed by atoms with E-state index >= 15 is 0 Å². The lowest BCUT2D eigenvalue weighted by molar-refractivity contribution is 0.0950. The highest BCUT2D eigenvalue weighted by atomic mass is 16.5. The highest BCUT2D eigenvalue weighted by Crippen LogP contribution is 2.35. The summed E-state index contributed by atoms with van der Waals surface area (Å²) in [4.78, 5) is 12.8. The van der Waals surface area contributed by atoms with E-state index in [9.17, 15) is 4.79 Å². The third kappa shape index (κ3) is 4.39. The monoisotopic (exact) mass is 442 g/mol. The highest BCUT2D eigenvalue weighted by molar-refractivity contribution is 5.94. The van der Waals surface area contributed by atoms with Crippen molar-refractivity contribution in [3.05, 3.63) is 82.9 Å². The number of nitrogens with zero attached hydrogens (tertiary/aromatic N) is 3. The van der Waals surface area contributed by atoms with Crippen LogP contribution in [0.2, 0.25) is 0 Å². The van der Waals surface area contributed by atoms with Gasteiger partial charge in [-0.2, -0.15) is 0 Å². The van der Waals surface area contributed by atoms with Gasteiger partial charge in [0.15, 0.2) is 0 Å². The molecule has 168 valence electrons. The van der Waals surface area contributed by atoms with E-state index < -0.39 is 0 Å². The van der Waals surface area contributed by atoms with Crippen LogP contribution < -0.4 is 14.8 Å². The van der Waals surface area contributed by atoms with Gasteiger partial charge in [0.25, 0.3) is 5.91 Å². The maximum absolute atomic E-state index is 12.8. The van der Waals surface area contributed by atoms with Crippen LogP contribution in [0.25, 0.3) is 11.0 Å². The zero-order valence-corrected chi connectivity index (χ0v) is 18.7. The van der Waals surface area contributed by atoms with Crippen LogP contribution in [0, 0.1) is 0 Å². The zero-order valence-electron chi connectivity index (χ0n) is 18.7. The number of nitrogens with one attached hydrogen (secondary N) is 1. The van der Waals surface area contributed by atoms with Gasteiger partial charge in [0.2, 0.25) is 0 Å². The summed E-state index contributed by atoms with van der Waals surface area (Å²) < 4.78 is 13.5. The predicted octanol–water partition coefficient (Wildman–Crippen LogP) is 4.13. The lowest BCUT2D eigenvalue weighted by Gasteiger charge is -2.13. The third-order valence-electron chi connectivity index (χ3n) is 5.79. The Hall–Kier alpha value is -3.87. The summed E-state index contributed by atoms with van der Waals surface area (Å²) in [5.41, 5.74) is 5.56. The molecule has 33 heavy (non-hydrogen) atoms. The second kappa shape index (κ2) is 8.94. The summed E-state index contributed by atoms with van der Waals surface area (Å²) in [5, 5.41) is 11.4. The van der Waals surface area contributed by atoms with Crippen LogP contribution in [0.15, 0.2) is 60.7 Å². The van der Waals surface area contributed by atoms with E-state index in [0.717, 1.165) is 45.6 Å². The molecule has 0 saturated carbocycles. The molecule has 7 heteroatoms. The number of carbonyl (C=O) groups is 1. The molecule has 1 atom stereocenters. The lowest BCUT2D eigenvalue weighted by Crippen LogP contribution is -2.23. The van der Waals surface area contributed by atoms with E-state index in [1.807, 2.05) is 72.3 Å². The van der Waals surface area contributed by atoms with E-state index in [1.54, 1.807) is 0 Å². The highest BCUT2D eigenvalue weighted by Gasteiger charge is 2.22. The molecule has 0 bridgehead atoms. The van der Waals surface area contributed by atoms with Crippen LogP contribution in [-0.2, 0) is 19.5 Å². The largest absolute Gasteiger partial charge is 0.494 e. The number of hydrogen-bond acceptors (Lipinski definition) is 5. The van der Waals surface area contributed by atoms with Crippen molar-refractivity contribution < 1.29 is 14.3 Å². The molecule has 1 amide bonds. The number of benzene rings is 3. The second-order valence-corrected chi connectivity index (χ2v) is 8.25. The third-order valence-corrected chi connectivity index (χ3v) is 5.79. The van der Waals surface area contributed by atoms with E-state index in [-0.39, 0.29) is 12.0 Å². The van der Waals surface area contributed by atoms with Crippen molar-refractivity contribution in [1.82, 2.24) is 20.3 Å². The van der Waals surface area contributed by atoms with Crippen LogP contribution >= 0.6 is 0 Å². The van der Waals surface area contributed by atoms with Crippen LogP contribution in [0.5, 0.6) is 11.5 Å². The molecule has 1 aliphatic heterocycles. The standard InChI is InChI=1S/C26H26N4O3/c1-3-32-24-13-20-12-17(2)33-25(20)14-21(24)15-27-26(31)19-10-8-18(9-11-19)16-30-23-7-5-4-6-22(23)28-29-30/h4-11,13-14,17H,3,12,15-16H2,1-2H3,(H,27,31)/t17-/m1/s1. The minimum absolute atomic E-state index is 0.134. The predicted molar refractivity (Wildman–Crippen MR) is 126 cm³/mol. The second-order valence-electron chi connectivity index (χ2n) is 8.25. The Morgan fingerprint density at radius 3 is 2.82 bits per heavy atom. The molecule has 2 heterocycles. The summed E-state index contributed by atoms with van der Waals surface area (Å²) in [6.45, 7) is 5.54. The van der Waals surface area contributed by atoms with Gasteiger partial charge >= 0.3 is 0 Å².